The van der Waals surface area contributed by atoms with Crippen molar-refractivity contribution < 1.29 is 9.59 Å². The number of rotatable bonds is 4. The Morgan fingerprint density at radius 3 is 2.15 bits per heavy atom. The van der Waals surface area contributed by atoms with Gasteiger partial charge in [-0.05, 0) is 48.5 Å². The van der Waals surface area contributed by atoms with Gasteiger partial charge in [0.25, 0.3) is 17.4 Å². The Morgan fingerprint density at radius 2 is 1.48 bits per heavy atom. The van der Waals surface area contributed by atoms with Gasteiger partial charge in [0.15, 0.2) is 0 Å². The van der Waals surface area contributed by atoms with E-state index in [0.29, 0.717) is 11.3 Å². The van der Waals surface area contributed by atoms with Gasteiger partial charge in [-0.1, -0.05) is 24.3 Å². The van der Waals surface area contributed by atoms with Crippen LogP contribution in [0.15, 0.2) is 82.4 Å². The highest BCUT2D eigenvalue weighted by Crippen LogP contribution is 2.13. The summed E-state index contributed by atoms with van der Waals surface area (Å²) in [6.07, 6.45) is 0. The minimum atomic E-state index is -0.620. The maximum Gasteiger partial charge on any atom is 0.333 e. The van der Waals surface area contributed by atoms with E-state index < -0.39 is 23.1 Å². The first-order chi connectivity index (χ1) is 15.8. The molecule has 0 fully saturated rings. The van der Waals surface area contributed by atoms with Crippen LogP contribution >= 0.6 is 0 Å². The lowest BCUT2D eigenvalue weighted by molar-refractivity contribution is 0.0847. The van der Waals surface area contributed by atoms with Crippen LogP contribution in [-0.2, 0) is 0 Å². The normalized spacial score (nSPS) is 10.6. The lowest BCUT2D eigenvalue weighted by Gasteiger charge is -2.14. The largest absolute Gasteiger partial charge is 0.378 e. The van der Waals surface area contributed by atoms with Crippen LogP contribution in [-0.4, -0.2) is 35.5 Å². The standard InChI is InChI=1S/C24H21N5O4/c1-28(2)18-10-6-7-15(13-18)21(30)26-27-22(31)16-11-12-19-20(14-16)25-24(33)29(23(19)32)17-8-4-3-5-9-17/h3-14H,1-2H3,(H,25,33)(H,26,30)(H,27,31). The maximum absolute atomic E-state index is 12.9. The smallest absolute Gasteiger partial charge is 0.333 e. The molecule has 4 aromatic rings. The summed E-state index contributed by atoms with van der Waals surface area (Å²) in [4.78, 5) is 54.8. The number of H-pyrrole nitrogens is 1. The second-order valence-electron chi connectivity index (χ2n) is 7.52. The van der Waals surface area contributed by atoms with E-state index in [0.717, 1.165) is 10.3 Å². The molecule has 0 spiro atoms. The third-order valence-corrected chi connectivity index (χ3v) is 5.09. The van der Waals surface area contributed by atoms with Gasteiger partial charge in [-0.2, -0.15) is 0 Å². The van der Waals surface area contributed by atoms with Crippen molar-refractivity contribution in [1.29, 1.82) is 0 Å². The minimum absolute atomic E-state index is 0.164. The molecule has 4 rings (SSSR count). The number of carbonyl (C=O) groups is 2. The average molecular weight is 443 g/mol. The first-order valence-electron chi connectivity index (χ1n) is 10.1. The van der Waals surface area contributed by atoms with Gasteiger partial charge >= 0.3 is 5.69 Å². The number of para-hydroxylation sites is 1. The molecule has 3 aromatic carbocycles. The monoisotopic (exact) mass is 443 g/mol. The number of carbonyl (C=O) groups excluding carboxylic acids is 2. The zero-order valence-electron chi connectivity index (χ0n) is 18.0. The number of hydrazine groups is 1. The SMILES string of the molecule is CN(C)c1cccc(C(=O)NNC(=O)c2ccc3c(=O)n(-c4ccccc4)c(=O)[nH]c3c2)c1. The fourth-order valence-corrected chi connectivity index (χ4v) is 3.35. The third-order valence-electron chi connectivity index (χ3n) is 5.09. The molecule has 166 valence electrons. The van der Waals surface area contributed by atoms with Crippen LogP contribution < -0.4 is 27.0 Å². The first kappa shape index (κ1) is 21.6. The van der Waals surface area contributed by atoms with Gasteiger partial charge in [-0.25, -0.2) is 9.36 Å². The summed E-state index contributed by atoms with van der Waals surface area (Å²) in [5, 5.41) is 0.250. The summed E-state index contributed by atoms with van der Waals surface area (Å²) in [6.45, 7) is 0. The van der Waals surface area contributed by atoms with Crippen LogP contribution in [0.25, 0.3) is 16.6 Å². The Balaban J connectivity index is 1.56. The predicted octanol–water partition coefficient (Wildman–Crippen LogP) is 1.82. The molecule has 2 amide bonds. The zero-order valence-corrected chi connectivity index (χ0v) is 18.0. The number of aromatic nitrogens is 2. The van der Waals surface area contributed by atoms with Crippen molar-refractivity contribution in [2.75, 3.05) is 19.0 Å². The molecule has 0 unspecified atom stereocenters. The molecule has 0 aliphatic heterocycles. The highest BCUT2D eigenvalue weighted by atomic mass is 16.2. The predicted molar refractivity (Wildman–Crippen MR) is 126 cm³/mol. The Morgan fingerprint density at radius 1 is 0.818 bits per heavy atom. The second-order valence-corrected chi connectivity index (χ2v) is 7.52. The van der Waals surface area contributed by atoms with Crippen LogP contribution in [0.4, 0.5) is 5.69 Å². The number of hydrogen-bond acceptors (Lipinski definition) is 5. The van der Waals surface area contributed by atoms with E-state index in [2.05, 4.69) is 15.8 Å². The molecule has 9 nitrogen and oxygen atoms in total. The molecule has 0 aliphatic rings. The average Bonchev–Trinajstić information content (AvgIpc) is 2.82. The van der Waals surface area contributed by atoms with E-state index in [4.69, 9.17) is 0 Å². The summed E-state index contributed by atoms with van der Waals surface area (Å²) >= 11 is 0. The van der Waals surface area contributed by atoms with Crippen LogP contribution in [0.3, 0.4) is 0 Å². The van der Waals surface area contributed by atoms with Crippen molar-refractivity contribution in [3.63, 3.8) is 0 Å². The molecule has 0 bridgehead atoms. The van der Waals surface area contributed by atoms with Gasteiger partial charge in [-0.3, -0.25) is 25.2 Å². The van der Waals surface area contributed by atoms with Crippen molar-refractivity contribution in [3.8, 4) is 5.69 Å². The molecule has 1 aromatic heterocycles. The Labute approximate surface area is 188 Å². The van der Waals surface area contributed by atoms with Gasteiger partial charge in [0.05, 0.1) is 16.6 Å². The number of amides is 2. The molecule has 0 saturated heterocycles. The quantitative estimate of drug-likeness (QED) is 0.416. The topological polar surface area (TPSA) is 116 Å². The van der Waals surface area contributed by atoms with Crippen LogP contribution in [0, 0.1) is 0 Å². The number of anilines is 1. The number of hydrogen-bond donors (Lipinski definition) is 3. The Kier molecular flexibility index (Phi) is 5.77. The third kappa shape index (κ3) is 4.38. The maximum atomic E-state index is 12.9. The van der Waals surface area contributed by atoms with Gasteiger partial charge in [-0.15, -0.1) is 0 Å². The number of nitrogens with one attached hydrogen (secondary N) is 3. The van der Waals surface area contributed by atoms with E-state index in [1.807, 2.05) is 25.1 Å². The molecule has 0 atom stereocenters. The van der Waals surface area contributed by atoms with E-state index >= 15 is 0 Å². The molecular weight excluding hydrogens is 422 g/mol. The summed E-state index contributed by atoms with van der Waals surface area (Å²) in [6, 6.07) is 19.8. The van der Waals surface area contributed by atoms with Crippen LogP contribution in [0.5, 0.6) is 0 Å². The molecule has 3 N–H and O–H groups in total. The van der Waals surface area contributed by atoms with E-state index in [1.165, 1.54) is 18.2 Å². The van der Waals surface area contributed by atoms with Crippen molar-refractivity contribution in [2.45, 2.75) is 0 Å². The minimum Gasteiger partial charge on any atom is -0.378 e. The molecule has 9 heteroatoms. The Bertz CT molecular complexity index is 1470. The van der Waals surface area contributed by atoms with Gasteiger partial charge in [0.2, 0.25) is 0 Å². The van der Waals surface area contributed by atoms with Crippen LogP contribution in [0.1, 0.15) is 20.7 Å². The molecular formula is C24H21N5O4. The molecule has 0 radical (unpaired) electrons. The summed E-state index contributed by atoms with van der Waals surface area (Å²) < 4.78 is 1.03. The van der Waals surface area contributed by atoms with E-state index in [1.54, 1.807) is 48.5 Å². The summed E-state index contributed by atoms with van der Waals surface area (Å²) in [5.74, 6) is -1.07. The number of benzene rings is 3. The molecule has 1 heterocycles. The van der Waals surface area contributed by atoms with Crippen LogP contribution in [0.2, 0.25) is 0 Å². The van der Waals surface area contributed by atoms with Gasteiger partial charge < -0.3 is 9.88 Å². The first-order valence-corrected chi connectivity index (χ1v) is 10.1. The highest BCUT2D eigenvalue weighted by Gasteiger charge is 2.14. The van der Waals surface area contributed by atoms with Gasteiger partial charge in [0.1, 0.15) is 0 Å². The van der Waals surface area contributed by atoms with Gasteiger partial charge in [0, 0.05) is 30.9 Å². The lowest BCUT2D eigenvalue weighted by Crippen LogP contribution is -2.41. The number of fused-ring (bicyclic) bond motifs is 1. The summed E-state index contributed by atoms with van der Waals surface area (Å²) in [7, 11) is 3.72. The molecule has 33 heavy (non-hydrogen) atoms. The molecule has 0 aliphatic carbocycles. The number of aromatic amines is 1. The number of nitrogens with zero attached hydrogens (tertiary/aromatic N) is 2. The van der Waals surface area contributed by atoms with Crippen molar-refractivity contribution in [2.24, 2.45) is 0 Å². The summed E-state index contributed by atoms with van der Waals surface area (Å²) in [5.41, 5.74) is 5.64. The van der Waals surface area contributed by atoms with Crippen molar-refractivity contribution in [3.05, 3.63) is 105 Å². The fourth-order valence-electron chi connectivity index (χ4n) is 3.35. The fraction of sp³-hybridized carbons (Fsp3) is 0.0833. The van der Waals surface area contributed by atoms with E-state index in [9.17, 15) is 19.2 Å². The highest BCUT2D eigenvalue weighted by molar-refractivity contribution is 6.01. The zero-order chi connectivity index (χ0) is 23.5. The lowest BCUT2D eigenvalue weighted by atomic mass is 10.1. The van der Waals surface area contributed by atoms with Crippen molar-refractivity contribution >= 4 is 28.4 Å². The van der Waals surface area contributed by atoms with E-state index in [-0.39, 0.29) is 16.5 Å². The Hall–Kier alpha value is -4.66. The molecule has 0 saturated carbocycles. The second kappa shape index (κ2) is 8.83. The van der Waals surface area contributed by atoms with Crippen molar-refractivity contribution in [1.82, 2.24) is 20.4 Å².